The second-order valence-corrected chi connectivity index (χ2v) is 5.44. The molecule has 124 valence electrons. The maximum Gasteiger partial charge on any atom is 0.316 e. The first kappa shape index (κ1) is 16.6. The molecule has 1 aliphatic carbocycles. The van der Waals surface area contributed by atoms with Gasteiger partial charge in [0.1, 0.15) is 5.75 Å². The summed E-state index contributed by atoms with van der Waals surface area (Å²) in [6, 6.07) is 4.91. The maximum atomic E-state index is 12.0. The molecule has 0 aromatic heterocycles. The van der Waals surface area contributed by atoms with Crippen LogP contribution in [-0.4, -0.2) is 31.0 Å². The molecule has 1 fully saturated rings. The van der Waals surface area contributed by atoms with Gasteiger partial charge in [-0.05, 0) is 36.5 Å². The van der Waals surface area contributed by atoms with Crippen molar-refractivity contribution in [3.63, 3.8) is 0 Å². The predicted octanol–water partition coefficient (Wildman–Crippen LogP) is -0.215. The Morgan fingerprint density at radius 1 is 1.09 bits per heavy atom. The Kier molecular flexibility index (Phi) is 5.05. The number of amides is 4. The molecule has 0 radical (unpaired) electrons. The third-order valence-electron chi connectivity index (χ3n) is 3.70. The smallest absolute Gasteiger partial charge is 0.316 e. The molecule has 1 aliphatic rings. The summed E-state index contributed by atoms with van der Waals surface area (Å²) in [4.78, 5) is 34.3. The first-order valence-electron chi connectivity index (χ1n) is 7.22. The van der Waals surface area contributed by atoms with E-state index < -0.39 is 23.9 Å². The molecule has 6 N–H and O–H groups in total. The Balaban J connectivity index is 2.05. The zero-order valence-corrected chi connectivity index (χ0v) is 12.7. The number of benzene rings is 1. The van der Waals surface area contributed by atoms with Gasteiger partial charge in [-0.15, -0.1) is 0 Å². The zero-order valence-electron chi connectivity index (χ0n) is 12.7. The average molecular weight is 320 g/mol. The van der Waals surface area contributed by atoms with Crippen molar-refractivity contribution in [2.24, 2.45) is 17.4 Å². The minimum atomic E-state index is -1.54. The van der Waals surface area contributed by atoms with Crippen LogP contribution in [0.15, 0.2) is 24.3 Å². The van der Waals surface area contributed by atoms with Crippen LogP contribution in [0.3, 0.4) is 0 Å². The third kappa shape index (κ3) is 4.35. The summed E-state index contributed by atoms with van der Waals surface area (Å²) in [6.45, 7) is 0. The van der Waals surface area contributed by atoms with Crippen molar-refractivity contribution in [2.75, 3.05) is 7.11 Å². The van der Waals surface area contributed by atoms with Crippen molar-refractivity contribution in [2.45, 2.75) is 24.9 Å². The van der Waals surface area contributed by atoms with E-state index in [-0.39, 0.29) is 6.04 Å². The molecule has 0 unspecified atom stereocenters. The molecule has 1 aromatic carbocycles. The summed E-state index contributed by atoms with van der Waals surface area (Å²) < 4.78 is 5.11. The number of urea groups is 1. The Hall–Kier alpha value is -2.77. The molecule has 0 spiro atoms. The number of rotatable bonds is 7. The average Bonchev–Trinajstić information content (AvgIpc) is 3.34. The van der Waals surface area contributed by atoms with Crippen LogP contribution in [0.4, 0.5) is 4.79 Å². The Morgan fingerprint density at radius 3 is 2.09 bits per heavy atom. The molecular formula is C15H20N4O4. The lowest BCUT2D eigenvalue weighted by atomic mass is 10.0. The molecule has 8 heteroatoms. The number of methoxy groups -OCH3 is 1. The molecule has 2 rings (SSSR count). The number of primary amides is 2. The van der Waals surface area contributed by atoms with Gasteiger partial charge in [0.25, 0.3) is 0 Å². The van der Waals surface area contributed by atoms with Gasteiger partial charge in [0.15, 0.2) is 6.04 Å². The maximum absolute atomic E-state index is 12.0. The van der Waals surface area contributed by atoms with E-state index in [0.717, 1.165) is 24.2 Å². The van der Waals surface area contributed by atoms with Gasteiger partial charge in [0.2, 0.25) is 11.8 Å². The fourth-order valence-electron chi connectivity index (χ4n) is 2.31. The van der Waals surface area contributed by atoms with Gasteiger partial charge in [0, 0.05) is 0 Å². The highest BCUT2D eigenvalue weighted by molar-refractivity contribution is 6.05. The molecule has 1 saturated carbocycles. The number of carbonyl (C=O) groups is 3. The summed E-state index contributed by atoms with van der Waals surface area (Å²) in [5.41, 5.74) is 11.0. The van der Waals surface area contributed by atoms with Crippen LogP contribution in [0, 0.1) is 5.92 Å². The second-order valence-electron chi connectivity index (χ2n) is 5.44. The Morgan fingerprint density at radius 2 is 1.65 bits per heavy atom. The Labute approximate surface area is 133 Å². The zero-order chi connectivity index (χ0) is 17.0. The summed E-state index contributed by atoms with van der Waals surface area (Å²) in [5, 5.41) is 4.96. The van der Waals surface area contributed by atoms with Crippen molar-refractivity contribution in [3.05, 3.63) is 29.8 Å². The predicted molar refractivity (Wildman–Crippen MR) is 82.3 cm³/mol. The van der Waals surface area contributed by atoms with Crippen LogP contribution in [0.25, 0.3) is 0 Å². The highest BCUT2D eigenvalue weighted by atomic mass is 16.5. The fraction of sp³-hybridized carbons (Fsp3) is 0.400. The van der Waals surface area contributed by atoms with Crippen molar-refractivity contribution in [1.29, 1.82) is 0 Å². The van der Waals surface area contributed by atoms with Crippen LogP contribution in [0.5, 0.6) is 5.75 Å². The van der Waals surface area contributed by atoms with E-state index in [1.54, 1.807) is 19.2 Å². The van der Waals surface area contributed by atoms with E-state index in [2.05, 4.69) is 10.6 Å². The largest absolute Gasteiger partial charge is 0.497 e. The topological polar surface area (TPSA) is 137 Å². The normalized spacial score (nSPS) is 14.9. The fourth-order valence-corrected chi connectivity index (χ4v) is 2.31. The first-order valence-corrected chi connectivity index (χ1v) is 7.22. The van der Waals surface area contributed by atoms with Gasteiger partial charge < -0.3 is 26.8 Å². The standard InChI is InChI=1S/C15H20N4O4/c1-23-10-6-4-9(5-7-10)11(8-2-3-8)18-15(22)19-12(13(16)20)14(17)21/h4-8,11-12H,2-3H2,1H3,(H2,16,20)(H2,17,21)(H2,18,19,22)/t11-/m1/s1. The van der Waals surface area contributed by atoms with E-state index >= 15 is 0 Å². The SMILES string of the molecule is COc1ccc([C@H](NC(=O)NC(C(N)=O)C(N)=O)C2CC2)cc1. The molecule has 4 amide bonds. The van der Waals surface area contributed by atoms with Gasteiger partial charge >= 0.3 is 6.03 Å². The summed E-state index contributed by atoms with van der Waals surface area (Å²) in [5.74, 6) is -0.967. The molecule has 0 bridgehead atoms. The number of nitrogens with two attached hydrogens (primary N) is 2. The van der Waals surface area contributed by atoms with Gasteiger partial charge in [-0.2, -0.15) is 0 Å². The Bertz CT molecular complexity index is 584. The van der Waals surface area contributed by atoms with Crippen LogP contribution in [0.2, 0.25) is 0 Å². The second kappa shape index (κ2) is 6.99. The lowest BCUT2D eigenvalue weighted by molar-refractivity contribution is -0.128. The van der Waals surface area contributed by atoms with Gasteiger partial charge in [-0.3, -0.25) is 9.59 Å². The molecule has 1 aromatic rings. The summed E-state index contributed by atoms with van der Waals surface area (Å²) in [6.07, 6.45) is 1.98. The van der Waals surface area contributed by atoms with Gasteiger partial charge in [0.05, 0.1) is 13.2 Å². The highest BCUT2D eigenvalue weighted by Gasteiger charge is 2.34. The molecular weight excluding hydrogens is 300 g/mol. The number of carbonyl (C=O) groups excluding carboxylic acids is 3. The van der Waals surface area contributed by atoms with Crippen molar-refractivity contribution in [1.82, 2.24) is 10.6 Å². The lowest BCUT2D eigenvalue weighted by Crippen LogP contribution is -2.55. The van der Waals surface area contributed by atoms with E-state index in [1.165, 1.54) is 0 Å². The minimum Gasteiger partial charge on any atom is -0.497 e. The van der Waals surface area contributed by atoms with Crippen molar-refractivity contribution in [3.8, 4) is 5.75 Å². The third-order valence-corrected chi connectivity index (χ3v) is 3.70. The van der Waals surface area contributed by atoms with Gasteiger partial charge in [-0.1, -0.05) is 12.1 Å². The van der Waals surface area contributed by atoms with E-state index in [4.69, 9.17) is 16.2 Å². The number of nitrogens with one attached hydrogen (secondary N) is 2. The molecule has 8 nitrogen and oxygen atoms in total. The highest BCUT2D eigenvalue weighted by Crippen LogP contribution is 2.41. The number of hydrogen-bond donors (Lipinski definition) is 4. The van der Waals surface area contributed by atoms with E-state index in [9.17, 15) is 14.4 Å². The summed E-state index contributed by atoms with van der Waals surface area (Å²) >= 11 is 0. The van der Waals surface area contributed by atoms with Crippen LogP contribution in [0.1, 0.15) is 24.4 Å². The lowest BCUT2D eigenvalue weighted by Gasteiger charge is -2.21. The van der Waals surface area contributed by atoms with Gasteiger partial charge in [-0.25, -0.2) is 4.79 Å². The van der Waals surface area contributed by atoms with Crippen molar-refractivity contribution < 1.29 is 19.1 Å². The molecule has 1 atom stereocenters. The number of hydrogen-bond acceptors (Lipinski definition) is 4. The minimum absolute atomic E-state index is 0.220. The summed E-state index contributed by atoms with van der Waals surface area (Å²) in [7, 11) is 1.58. The molecule has 0 saturated heterocycles. The van der Waals surface area contributed by atoms with E-state index in [0.29, 0.717) is 5.92 Å². The molecule has 23 heavy (non-hydrogen) atoms. The molecule has 0 heterocycles. The van der Waals surface area contributed by atoms with Crippen LogP contribution in [-0.2, 0) is 9.59 Å². The van der Waals surface area contributed by atoms with Crippen molar-refractivity contribution >= 4 is 17.8 Å². The number of ether oxygens (including phenoxy) is 1. The van der Waals surface area contributed by atoms with Crippen LogP contribution >= 0.6 is 0 Å². The van der Waals surface area contributed by atoms with Crippen LogP contribution < -0.4 is 26.8 Å². The quantitative estimate of drug-likeness (QED) is 0.516. The monoisotopic (exact) mass is 320 g/mol. The first-order chi connectivity index (χ1) is 10.9. The van der Waals surface area contributed by atoms with E-state index in [1.807, 2.05) is 12.1 Å². The molecule has 0 aliphatic heterocycles.